The summed E-state index contributed by atoms with van der Waals surface area (Å²) in [5, 5.41) is 0. The Hall–Kier alpha value is -0.200. The van der Waals surface area contributed by atoms with Gasteiger partial charge in [-0.3, -0.25) is 0 Å². The van der Waals surface area contributed by atoms with E-state index in [1.165, 1.54) is 0 Å². The van der Waals surface area contributed by atoms with Crippen LogP contribution in [0.25, 0.3) is 0 Å². The normalized spacial score (nSPS) is 48.8. The van der Waals surface area contributed by atoms with Gasteiger partial charge < -0.3 is 23.7 Å². The minimum Gasteiger partial charge on any atom is -0.379 e. The summed E-state index contributed by atoms with van der Waals surface area (Å²) < 4.78 is 29.4. The van der Waals surface area contributed by atoms with Crippen LogP contribution in [0.3, 0.4) is 0 Å². The first-order valence-corrected chi connectivity index (χ1v) is 6.55. The molecule has 2 heterocycles. The predicted octanol–water partition coefficient (Wildman–Crippen LogP) is 1.45. The van der Waals surface area contributed by atoms with Gasteiger partial charge in [0.1, 0.15) is 18.3 Å². The van der Waals surface area contributed by atoms with E-state index in [0.29, 0.717) is 0 Å². The molecule has 1 saturated carbocycles. The summed E-state index contributed by atoms with van der Waals surface area (Å²) in [6, 6.07) is 0. The lowest BCUT2D eigenvalue weighted by Crippen LogP contribution is -2.53. The van der Waals surface area contributed by atoms with Crippen LogP contribution in [0.15, 0.2) is 0 Å². The highest BCUT2D eigenvalue weighted by Gasteiger charge is 2.59. The van der Waals surface area contributed by atoms with Crippen LogP contribution in [0, 0.1) is 0 Å². The molecular weight excluding hydrogens is 236 g/mol. The third-order valence-corrected chi connectivity index (χ3v) is 3.84. The largest absolute Gasteiger partial charge is 0.379 e. The van der Waals surface area contributed by atoms with Gasteiger partial charge in [0.25, 0.3) is 0 Å². The van der Waals surface area contributed by atoms with Crippen molar-refractivity contribution < 1.29 is 23.7 Å². The van der Waals surface area contributed by atoms with Gasteiger partial charge in [-0.15, -0.1) is 0 Å². The Balaban J connectivity index is 1.86. The van der Waals surface area contributed by atoms with Crippen LogP contribution in [0.5, 0.6) is 0 Å². The fraction of sp³-hybridized carbons (Fsp3) is 1.00. The summed E-state index contributed by atoms with van der Waals surface area (Å²) in [7, 11) is 1.71. The van der Waals surface area contributed by atoms with Crippen molar-refractivity contribution in [2.24, 2.45) is 0 Å². The average Bonchev–Trinajstić information content (AvgIpc) is 2.71. The molecule has 0 aromatic carbocycles. The molecule has 3 rings (SSSR count). The molecule has 0 unspecified atom stereocenters. The quantitative estimate of drug-likeness (QED) is 0.712. The van der Waals surface area contributed by atoms with E-state index in [1.807, 2.05) is 27.7 Å². The zero-order chi connectivity index (χ0) is 13.1. The summed E-state index contributed by atoms with van der Waals surface area (Å²) >= 11 is 0. The summed E-state index contributed by atoms with van der Waals surface area (Å²) in [4.78, 5) is 0. The molecule has 2 aliphatic heterocycles. The molecule has 1 aliphatic carbocycles. The lowest BCUT2D eigenvalue weighted by Gasteiger charge is -2.36. The van der Waals surface area contributed by atoms with E-state index >= 15 is 0 Å². The van der Waals surface area contributed by atoms with Gasteiger partial charge in [-0.2, -0.15) is 0 Å². The fourth-order valence-electron chi connectivity index (χ4n) is 3.28. The van der Waals surface area contributed by atoms with Gasteiger partial charge >= 0.3 is 0 Å². The Morgan fingerprint density at radius 1 is 0.833 bits per heavy atom. The Bertz CT molecular complexity index is 340. The van der Waals surface area contributed by atoms with Crippen molar-refractivity contribution in [2.75, 3.05) is 7.11 Å². The SMILES string of the molecule is CO[C@@H]1C[C@@H]2OC(C)(C)O[C@@H]2[C@H]2OC(C)(C)O[C@H]21. The topological polar surface area (TPSA) is 46.2 Å². The van der Waals surface area contributed by atoms with E-state index in [9.17, 15) is 0 Å². The van der Waals surface area contributed by atoms with Crippen molar-refractivity contribution in [3.8, 4) is 0 Å². The van der Waals surface area contributed by atoms with Crippen molar-refractivity contribution in [2.45, 2.75) is 76.2 Å². The molecule has 3 aliphatic rings. The number of hydrogen-bond acceptors (Lipinski definition) is 5. The molecule has 2 saturated heterocycles. The van der Waals surface area contributed by atoms with Gasteiger partial charge in [0.2, 0.25) is 0 Å². The summed E-state index contributed by atoms with van der Waals surface area (Å²) in [5.41, 5.74) is 0. The van der Waals surface area contributed by atoms with E-state index in [-0.39, 0.29) is 30.5 Å². The first-order valence-electron chi connectivity index (χ1n) is 6.55. The smallest absolute Gasteiger partial charge is 0.164 e. The molecule has 0 bridgehead atoms. The molecule has 0 N–H and O–H groups in total. The van der Waals surface area contributed by atoms with Crippen molar-refractivity contribution in [1.29, 1.82) is 0 Å². The maximum Gasteiger partial charge on any atom is 0.164 e. The second-order valence-corrected chi connectivity index (χ2v) is 6.21. The lowest BCUT2D eigenvalue weighted by molar-refractivity contribution is -0.177. The van der Waals surface area contributed by atoms with Crippen LogP contribution in [0.1, 0.15) is 34.1 Å². The van der Waals surface area contributed by atoms with Crippen molar-refractivity contribution >= 4 is 0 Å². The van der Waals surface area contributed by atoms with Gasteiger partial charge in [0.15, 0.2) is 11.6 Å². The van der Waals surface area contributed by atoms with Gasteiger partial charge in [-0.05, 0) is 27.7 Å². The van der Waals surface area contributed by atoms with Crippen LogP contribution in [-0.2, 0) is 23.7 Å². The molecule has 18 heavy (non-hydrogen) atoms. The summed E-state index contributed by atoms with van der Waals surface area (Å²) in [5.74, 6) is -1.14. The Kier molecular flexibility index (Phi) is 2.78. The molecule has 0 spiro atoms. The molecule has 0 aromatic rings. The first-order chi connectivity index (χ1) is 8.31. The molecule has 0 radical (unpaired) electrons. The standard InChI is InChI=1S/C13H22O5/c1-12(2)15-8-6-7(14-5)9-11(10(8)17-12)18-13(3,4)16-9/h7-11H,6H2,1-5H3/t7-,8+,9+,10+,11+/m1/s1. The van der Waals surface area contributed by atoms with Crippen molar-refractivity contribution in [3.63, 3.8) is 0 Å². The van der Waals surface area contributed by atoms with Crippen molar-refractivity contribution in [1.82, 2.24) is 0 Å². The predicted molar refractivity (Wildman–Crippen MR) is 63.1 cm³/mol. The highest BCUT2D eigenvalue weighted by atomic mass is 16.8. The Labute approximate surface area is 108 Å². The summed E-state index contributed by atoms with van der Waals surface area (Å²) in [6.07, 6.45) is 0.525. The van der Waals surface area contributed by atoms with Crippen LogP contribution in [0.4, 0.5) is 0 Å². The molecule has 5 nitrogen and oxygen atoms in total. The second-order valence-electron chi connectivity index (χ2n) is 6.21. The number of fused-ring (bicyclic) bond motifs is 3. The zero-order valence-corrected chi connectivity index (χ0v) is 11.6. The highest BCUT2D eigenvalue weighted by molar-refractivity contribution is 5.03. The number of hydrogen-bond donors (Lipinski definition) is 0. The minimum absolute atomic E-state index is 0.00414. The number of ether oxygens (including phenoxy) is 5. The average molecular weight is 258 g/mol. The maximum atomic E-state index is 5.98. The van der Waals surface area contributed by atoms with E-state index in [2.05, 4.69) is 0 Å². The molecular formula is C13H22O5. The molecule has 0 aromatic heterocycles. The molecule has 5 atom stereocenters. The van der Waals surface area contributed by atoms with Crippen LogP contribution in [-0.4, -0.2) is 49.2 Å². The highest BCUT2D eigenvalue weighted by Crippen LogP contribution is 2.45. The maximum absolute atomic E-state index is 5.98. The number of methoxy groups -OCH3 is 1. The van der Waals surface area contributed by atoms with Crippen LogP contribution in [0.2, 0.25) is 0 Å². The third kappa shape index (κ3) is 1.98. The monoisotopic (exact) mass is 258 g/mol. The van der Waals surface area contributed by atoms with E-state index < -0.39 is 11.6 Å². The van der Waals surface area contributed by atoms with E-state index in [4.69, 9.17) is 23.7 Å². The third-order valence-electron chi connectivity index (χ3n) is 3.84. The molecule has 5 heteroatoms. The van der Waals surface area contributed by atoms with Gasteiger partial charge in [-0.25, -0.2) is 0 Å². The zero-order valence-electron chi connectivity index (χ0n) is 11.6. The van der Waals surface area contributed by atoms with Crippen LogP contribution >= 0.6 is 0 Å². The first kappa shape index (κ1) is 12.8. The second kappa shape index (κ2) is 3.90. The van der Waals surface area contributed by atoms with Gasteiger partial charge in [0, 0.05) is 13.5 Å². The molecule has 104 valence electrons. The van der Waals surface area contributed by atoms with E-state index in [0.717, 1.165) is 6.42 Å². The van der Waals surface area contributed by atoms with Gasteiger partial charge in [0.05, 0.1) is 12.2 Å². The fourth-order valence-corrected chi connectivity index (χ4v) is 3.28. The van der Waals surface area contributed by atoms with Crippen LogP contribution < -0.4 is 0 Å². The minimum atomic E-state index is -0.586. The molecule has 0 amide bonds. The number of rotatable bonds is 1. The Morgan fingerprint density at radius 3 is 2.06 bits per heavy atom. The summed E-state index contributed by atoms with van der Waals surface area (Å²) in [6.45, 7) is 7.72. The van der Waals surface area contributed by atoms with E-state index in [1.54, 1.807) is 7.11 Å². The molecule has 3 fully saturated rings. The Morgan fingerprint density at radius 2 is 1.39 bits per heavy atom. The van der Waals surface area contributed by atoms with Gasteiger partial charge in [-0.1, -0.05) is 0 Å². The lowest BCUT2D eigenvalue weighted by atomic mass is 9.87. The van der Waals surface area contributed by atoms with Crippen molar-refractivity contribution in [3.05, 3.63) is 0 Å².